The largest absolute Gasteiger partial charge is 0.381 e. The molecule has 0 radical (unpaired) electrons. The Hall–Kier alpha value is -0.580. The van der Waals surface area contributed by atoms with Crippen molar-refractivity contribution in [3.05, 3.63) is 30.1 Å². The summed E-state index contributed by atoms with van der Waals surface area (Å²) in [7, 11) is 0. The molecule has 0 atom stereocenters. The molecule has 0 spiro atoms. The van der Waals surface area contributed by atoms with Crippen LogP contribution >= 0.6 is 35.7 Å². The summed E-state index contributed by atoms with van der Waals surface area (Å²) in [6.45, 7) is 6.93. The van der Waals surface area contributed by atoms with Gasteiger partial charge in [0, 0.05) is 44.4 Å². The predicted octanol–water partition coefficient (Wildman–Crippen LogP) is 4.07. The van der Waals surface area contributed by atoms with E-state index in [9.17, 15) is 4.39 Å². The van der Waals surface area contributed by atoms with Gasteiger partial charge in [-0.3, -0.25) is 4.99 Å². The van der Waals surface area contributed by atoms with Crippen LogP contribution in [0.1, 0.15) is 32.6 Å². The number of ether oxygens (including phenoxy) is 2. The lowest BCUT2D eigenvalue weighted by Gasteiger charge is -2.22. The molecule has 8 heteroatoms. The second-order valence-electron chi connectivity index (χ2n) is 6.38. The smallest absolute Gasteiger partial charge is 0.191 e. The number of halogens is 2. The van der Waals surface area contributed by atoms with Gasteiger partial charge in [-0.15, -0.1) is 35.7 Å². The lowest BCUT2D eigenvalue weighted by molar-refractivity contribution is -0.0320. The molecular formula is C20H33FIN3O2S. The monoisotopic (exact) mass is 525 g/mol. The molecule has 2 N–H and O–H groups in total. The van der Waals surface area contributed by atoms with Gasteiger partial charge in [-0.25, -0.2) is 4.39 Å². The number of thioether (sulfide) groups is 1. The zero-order valence-corrected chi connectivity index (χ0v) is 19.8. The fraction of sp³-hybridized carbons (Fsp3) is 0.650. The molecule has 0 unspecified atom stereocenters. The number of rotatable bonds is 11. The molecule has 0 amide bonds. The number of aliphatic imine (C=N–C) groups is 1. The first-order valence-electron chi connectivity index (χ1n) is 9.88. The van der Waals surface area contributed by atoms with Crippen molar-refractivity contribution in [3.8, 4) is 0 Å². The van der Waals surface area contributed by atoms with Crippen molar-refractivity contribution in [1.82, 2.24) is 10.6 Å². The van der Waals surface area contributed by atoms with Crippen molar-refractivity contribution in [2.24, 2.45) is 4.99 Å². The summed E-state index contributed by atoms with van der Waals surface area (Å²) < 4.78 is 24.1. The van der Waals surface area contributed by atoms with Crippen LogP contribution in [-0.4, -0.2) is 57.3 Å². The Labute approximate surface area is 189 Å². The van der Waals surface area contributed by atoms with Crippen LogP contribution in [0.25, 0.3) is 0 Å². The maximum Gasteiger partial charge on any atom is 0.191 e. The highest BCUT2D eigenvalue weighted by molar-refractivity contribution is 14.0. The Morgan fingerprint density at radius 1 is 1.21 bits per heavy atom. The summed E-state index contributed by atoms with van der Waals surface area (Å²) in [5, 5.41) is 6.63. The van der Waals surface area contributed by atoms with Crippen molar-refractivity contribution in [2.45, 2.75) is 43.6 Å². The fourth-order valence-corrected chi connectivity index (χ4v) is 3.53. The molecule has 0 bridgehead atoms. The van der Waals surface area contributed by atoms with Crippen LogP contribution in [0.15, 0.2) is 34.2 Å². The highest BCUT2D eigenvalue weighted by Crippen LogP contribution is 2.18. The number of hydrogen-bond acceptors (Lipinski definition) is 4. The SMILES string of the molecule is CCNC(=NCCCSc1ccc(F)cc1)NCCCOC1CCOCC1.I. The highest BCUT2D eigenvalue weighted by Gasteiger charge is 2.13. The second kappa shape index (κ2) is 16.2. The normalized spacial score (nSPS) is 15.1. The van der Waals surface area contributed by atoms with E-state index >= 15 is 0 Å². The Morgan fingerprint density at radius 2 is 1.96 bits per heavy atom. The molecule has 1 heterocycles. The van der Waals surface area contributed by atoms with Gasteiger partial charge in [0.05, 0.1) is 6.10 Å². The Balaban J connectivity index is 0.00000392. The molecule has 0 aromatic heterocycles. The lowest BCUT2D eigenvalue weighted by Crippen LogP contribution is -2.38. The van der Waals surface area contributed by atoms with Gasteiger partial charge in [0.15, 0.2) is 5.96 Å². The van der Waals surface area contributed by atoms with Gasteiger partial charge in [-0.05, 0) is 62.6 Å². The molecule has 28 heavy (non-hydrogen) atoms. The van der Waals surface area contributed by atoms with Crippen molar-refractivity contribution in [1.29, 1.82) is 0 Å². The van der Waals surface area contributed by atoms with E-state index in [1.807, 2.05) is 12.1 Å². The third-order valence-corrected chi connectivity index (χ3v) is 5.23. The minimum Gasteiger partial charge on any atom is -0.381 e. The van der Waals surface area contributed by atoms with E-state index in [-0.39, 0.29) is 29.8 Å². The minimum atomic E-state index is -0.191. The average molecular weight is 525 g/mol. The number of guanidine groups is 1. The molecule has 1 aliphatic rings. The topological polar surface area (TPSA) is 54.9 Å². The first-order chi connectivity index (χ1) is 13.3. The van der Waals surface area contributed by atoms with E-state index in [1.54, 1.807) is 11.8 Å². The lowest BCUT2D eigenvalue weighted by atomic mass is 10.1. The van der Waals surface area contributed by atoms with Crippen LogP contribution in [0.2, 0.25) is 0 Å². The quantitative estimate of drug-likeness (QED) is 0.150. The predicted molar refractivity (Wildman–Crippen MR) is 126 cm³/mol. The maximum atomic E-state index is 12.9. The zero-order chi connectivity index (χ0) is 19.2. The van der Waals surface area contributed by atoms with Gasteiger partial charge in [0.25, 0.3) is 0 Å². The molecule has 1 fully saturated rings. The summed E-state index contributed by atoms with van der Waals surface area (Å²) in [5.74, 6) is 1.63. The molecule has 1 aromatic rings. The number of benzene rings is 1. The van der Waals surface area contributed by atoms with E-state index in [0.717, 1.165) is 81.7 Å². The minimum absolute atomic E-state index is 0. The van der Waals surface area contributed by atoms with Crippen molar-refractivity contribution >= 4 is 41.7 Å². The zero-order valence-electron chi connectivity index (χ0n) is 16.6. The second-order valence-corrected chi connectivity index (χ2v) is 7.55. The maximum absolute atomic E-state index is 12.9. The standard InChI is InChI=1S/C20H32FN3O2S.HI/c1-2-22-20(23-11-3-13-26-18-9-14-25-15-10-18)24-12-4-16-27-19-7-5-17(21)6-8-19;/h5-8,18H,2-4,9-16H2,1H3,(H2,22,23,24);1H. The molecule has 0 saturated carbocycles. The molecule has 1 aromatic carbocycles. The number of hydrogen-bond donors (Lipinski definition) is 2. The Morgan fingerprint density at radius 3 is 2.68 bits per heavy atom. The molecule has 160 valence electrons. The molecule has 5 nitrogen and oxygen atoms in total. The van der Waals surface area contributed by atoms with Crippen molar-refractivity contribution in [3.63, 3.8) is 0 Å². The average Bonchev–Trinajstić information content (AvgIpc) is 2.69. The molecule has 0 aliphatic carbocycles. The highest BCUT2D eigenvalue weighted by atomic mass is 127. The summed E-state index contributed by atoms with van der Waals surface area (Å²) in [4.78, 5) is 5.70. The van der Waals surface area contributed by atoms with E-state index in [2.05, 4.69) is 22.5 Å². The van der Waals surface area contributed by atoms with Crippen LogP contribution in [0.4, 0.5) is 4.39 Å². The van der Waals surface area contributed by atoms with E-state index < -0.39 is 0 Å². The van der Waals surface area contributed by atoms with E-state index in [0.29, 0.717) is 6.10 Å². The first kappa shape index (κ1) is 25.5. The van der Waals surface area contributed by atoms with Gasteiger partial charge in [-0.1, -0.05) is 0 Å². The van der Waals surface area contributed by atoms with Crippen molar-refractivity contribution < 1.29 is 13.9 Å². The fourth-order valence-electron chi connectivity index (χ4n) is 2.69. The van der Waals surface area contributed by atoms with E-state index in [1.165, 1.54) is 12.1 Å². The van der Waals surface area contributed by atoms with Gasteiger partial charge >= 0.3 is 0 Å². The van der Waals surface area contributed by atoms with Gasteiger partial charge < -0.3 is 20.1 Å². The summed E-state index contributed by atoms with van der Waals surface area (Å²) in [5.41, 5.74) is 0. The molecule has 1 saturated heterocycles. The summed E-state index contributed by atoms with van der Waals surface area (Å²) in [6.07, 6.45) is 4.31. The number of nitrogens with one attached hydrogen (secondary N) is 2. The van der Waals surface area contributed by atoms with Crippen LogP contribution in [0, 0.1) is 5.82 Å². The van der Waals surface area contributed by atoms with E-state index in [4.69, 9.17) is 9.47 Å². The Kier molecular flexibility index (Phi) is 14.8. The Bertz CT molecular complexity index is 543. The van der Waals surface area contributed by atoms with Gasteiger partial charge in [-0.2, -0.15) is 0 Å². The molecule has 1 aliphatic heterocycles. The van der Waals surface area contributed by atoms with Gasteiger partial charge in [0.1, 0.15) is 5.82 Å². The van der Waals surface area contributed by atoms with Crippen molar-refractivity contribution in [2.75, 3.05) is 45.2 Å². The van der Waals surface area contributed by atoms with Crippen LogP contribution in [0.5, 0.6) is 0 Å². The molecular weight excluding hydrogens is 492 g/mol. The van der Waals surface area contributed by atoms with Crippen LogP contribution in [0.3, 0.4) is 0 Å². The van der Waals surface area contributed by atoms with Gasteiger partial charge in [0.2, 0.25) is 0 Å². The first-order valence-corrected chi connectivity index (χ1v) is 10.9. The summed E-state index contributed by atoms with van der Waals surface area (Å²) in [6, 6.07) is 6.63. The van der Waals surface area contributed by atoms with Crippen LogP contribution in [-0.2, 0) is 9.47 Å². The third kappa shape index (κ3) is 11.4. The molecule has 2 rings (SSSR count). The summed E-state index contributed by atoms with van der Waals surface area (Å²) >= 11 is 1.73. The van der Waals surface area contributed by atoms with Crippen LogP contribution < -0.4 is 10.6 Å². The third-order valence-electron chi connectivity index (χ3n) is 4.13. The number of nitrogens with zero attached hydrogens (tertiary/aromatic N) is 1.